The lowest BCUT2D eigenvalue weighted by Gasteiger charge is -2.44. The number of esters is 6. The van der Waals surface area contributed by atoms with Crippen molar-refractivity contribution >= 4 is 82.9 Å². The molecule has 2 unspecified atom stereocenters. The van der Waals surface area contributed by atoms with Crippen LogP contribution in [0.4, 0.5) is 5.69 Å². The van der Waals surface area contributed by atoms with E-state index in [-0.39, 0.29) is 121 Å². The summed E-state index contributed by atoms with van der Waals surface area (Å²) in [5, 5.41) is 25.4. The zero-order valence-electron chi connectivity index (χ0n) is 62.7. The Morgan fingerprint density at radius 3 is 1.08 bits per heavy atom. The number of amides is 6. The van der Waals surface area contributed by atoms with Crippen LogP contribution in [0, 0.1) is 0 Å². The number of carboxylic acid groups (broad SMARTS) is 1. The van der Waals surface area contributed by atoms with E-state index in [2.05, 4.69) is 31.9 Å². The average molecular weight is 1510 g/mol. The minimum absolute atomic E-state index is 0.00724. The number of carbonyl (C=O) groups excluding carboxylic acids is 12. The van der Waals surface area contributed by atoms with E-state index in [1.165, 1.54) is 45.9 Å². The molecule has 2 aliphatic rings. The van der Waals surface area contributed by atoms with E-state index in [1.807, 2.05) is 0 Å². The monoisotopic (exact) mass is 1510 g/mol. The number of anilines is 1. The van der Waals surface area contributed by atoms with Crippen molar-refractivity contribution in [3.05, 3.63) is 29.3 Å². The van der Waals surface area contributed by atoms with Crippen molar-refractivity contribution in [2.24, 2.45) is 0 Å². The molecular formula is C72H114N6O28. The summed E-state index contributed by atoms with van der Waals surface area (Å²) in [4.78, 5) is 160. The second-order valence-electron chi connectivity index (χ2n) is 25.5. The van der Waals surface area contributed by atoms with Crippen molar-refractivity contribution in [3.63, 3.8) is 0 Å². The smallest absolute Gasteiger partial charge is 0.303 e. The predicted molar refractivity (Wildman–Crippen MR) is 376 cm³/mol. The predicted octanol–water partition coefficient (Wildman–Crippen LogP) is 4.50. The Labute approximate surface area is 619 Å². The summed E-state index contributed by atoms with van der Waals surface area (Å²) in [6, 6.07) is 1.98. The fourth-order valence-electron chi connectivity index (χ4n) is 11.4. The quantitative estimate of drug-likeness (QED) is 0.0268. The molecule has 2 saturated heterocycles. The van der Waals surface area contributed by atoms with Gasteiger partial charge in [0.05, 0.1) is 66.1 Å². The fourth-order valence-corrected chi connectivity index (χ4v) is 11.4. The van der Waals surface area contributed by atoms with Crippen LogP contribution in [0.15, 0.2) is 18.2 Å². The first kappa shape index (κ1) is 92.2. The Morgan fingerprint density at radius 1 is 0.368 bits per heavy atom. The van der Waals surface area contributed by atoms with E-state index in [1.54, 1.807) is 0 Å². The van der Waals surface area contributed by atoms with E-state index < -0.39 is 140 Å². The third kappa shape index (κ3) is 41.8. The molecule has 2 aliphatic heterocycles. The van der Waals surface area contributed by atoms with Gasteiger partial charge in [0.15, 0.2) is 37.0 Å². The number of nitrogens with one attached hydrogen (secondary N) is 6. The number of carboxylic acids is 1. The molecule has 600 valence electrons. The van der Waals surface area contributed by atoms with Crippen LogP contribution in [0.1, 0.15) is 205 Å². The molecule has 1 aromatic rings. The summed E-state index contributed by atoms with van der Waals surface area (Å²) in [6.07, 6.45) is 7.41. The van der Waals surface area contributed by atoms with Crippen molar-refractivity contribution in [2.75, 3.05) is 104 Å². The Balaban J connectivity index is 1.50. The largest absolute Gasteiger partial charge is 0.481 e. The van der Waals surface area contributed by atoms with Gasteiger partial charge in [-0.1, -0.05) is 83.5 Å². The topological polar surface area (TPSA) is 444 Å². The van der Waals surface area contributed by atoms with Crippen LogP contribution >= 0.6 is 0 Å². The van der Waals surface area contributed by atoms with Crippen molar-refractivity contribution < 1.29 is 134 Å². The second-order valence-corrected chi connectivity index (χ2v) is 25.5. The first-order chi connectivity index (χ1) is 50.7. The van der Waals surface area contributed by atoms with Gasteiger partial charge in [0.25, 0.3) is 11.8 Å². The van der Waals surface area contributed by atoms with E-state index in [0.29, 0.717) is 19.4 Å². The maximum absolute atomic E-state index is 13.6. The van der Waals surface area contributed by atoms with Crippen LogP contribution < -0.4 is 31.9 Å². The molecule has 0 radical (unpaired) electrons. The zero-order valence-corrected chi connectivity index (χ0v) is 62.7. The Morgan fingerprint density at radius 2 is 0.708 bits per heavy atom. The fraction of sp³-hybridized carbons (Fsp3) is 0.736. The molecule has 2 fully saturated rings. The normalized spacial score (nSPS) is 19.6. The van der Waals surface area contributed by atoms with Gasteiger partial charge in [0.1, 0.15) is 37.5 Å². The lowest BCUT2D eigenvalue weighted by molar-refractivity contribution is -0.279. The minimum Gasteiger partial charge on any atom is -0.481 e. The van der Waals surface area contributed by atoms with Crippen molar-refractivity contribution in [1.29, 1.82) is 0 Å². The molecule has 0 spiro atoms. The standard InChI is InChI=1S/C72H114N6O28/c1-47(79)76-63-67(103-53(7)85)65(101-51(5)83)58(45-99-49(3)81)105-71(63)97-40-38-95-36-34-93-32-30-74-69(91)55-42-56(44-57(43-55)78-61(88)27-23-19-15-12-11-14-18-22-26-60(87)73-29-25-21-17-13-9-10-16-20-24-28-62(89)90)70(92)75-31-33-94-35-37-96-39-41-98-72-64(77-48(2)80)68(104-54(8)86)66(102-52(6)84)59(106-72)46-100-50(4)82/h42-44,58-59,63-68,71-72H,9-41,45-46H2,1-8H3,(H,73,87)(H,74,91)(H,75,92)(H,76,79)(H,77,80)(H,78,88)(H,89,90)/t58-,59+,63-,64+,65+,66-,67-,68+,71?,72?. The molecule has 0 aliphatic carbocycles. The molecule has 3 rings (SSSR count). The van der Waals surface area contributed by atoms with Crippen LogP contribution in [0.25, 0.3) is 0 Å². The summed E-state index contributed by atoms with van der Waals surface area (Å²) in [5.41, 5.74) is 0.358. The molecule has 7 N–H and O–H groups in total. The summed E-state index contributed by atoms with van der Waals surface area (Å²) in [7, 11) is 0. The molecule has 2 heterocycles. The van der Waals surface area contributed by atoms with E-state index >= 15 is 0 Å². The van der Waals surface area contributed by atoms with E-state index in [9.17, 15) is 62.3 Å². The van der Waals surface area contributed by atoms with E-state index in [4.69, 9.17) is 71.4 Å². The van der Waals surface area contributed by atoms with Crippen LogP contribution in [-0.4, -0.2) is 243 Å². The number of hydrogen-bond acceptors (Lipinski definition) is 27. The number of hydrogen-bond donors (Lipinski definition) is 7. The third-order valence-corrected chi connectivity index (χ3v) is 16.2. The lowest BCUT2D eigenvalue weighted by atomic mass is 9.96. The molecule has 0 bridgehead atoms. The van der Waals surface area contributed by atoms with Crippen LogP contribution in [-0.2, 0) is 119 Å². The number of carbonyl (C=O) groups is 13. The Kier molecular flexibility index (Phi) is 47.5. The van der Waals surface area contributed by atoms with Gasteiger partial charge in [-0.2, -0.15) is 0 Å². The first-order valence-corrected chi connectivity index (χ1v) is 36.6. The van der Waals surface area contributed by atoms with E-state index in [0.717, 1.165) is 130 Å². The minimum atomic E-state index is -1.30. The summed E-state index contributed by atoms with van der Waals surface area (Å²) >= 11 is 0. The Hall–Kier alpha value is -7.99. The van der Waals surface area contributed by atoms with Crippen LogP contribution in [0.2, 0.25) is 0 Å². The third-order valence-electron chi connectivity index (χ3n) is 16.2. The second kappa shape index (κ2) is 54.6. The van der Waals surface area contributed by atoms with Gasteiger partial charge in [0.2, 0.25) is 23.6 Å². The van der Waals surface area contributed by atoms with Crippen molar-refractivity contribution in [2.45, 2.75) is 245 Å². The highest BCUT2D eigenvalue weighted by Gasteiger charge is 2.53. The maximum atomic E-state index is 13.6. The van der Waals surface area contributed by atoms with Crippen LogP contribution in [0.3, 0.4) is 0 Å². The van der Waals surface area contributed by atoms with Crippen molar-refractivity contribution in [1.82, 2.24) is 26.6 Å². The van der Waals surface area contributed by atoms with Gasteiger partial charge in [-0.05, 0) is 43.9 Å². The summed E-state index contributed by atoms with van der Waals surface area (Å²) in [6.45, 7) is 9.44. The highest BCUT2D eigenvalue weighted by Crippen LogP contribution is 2.30. The molecule has 0 saturated carbocycles. The van der Waals surface area contributed by atoms with Gasteiger partial charge in [-0.15, -0.1) is 0 Å². The molecule has 6 amide bonds. The highest BCUT2D eigenvalue weighted by atomic mass is 16.7. The molecule has 0 aromatic heterocycles. The molecule has 34 nitrogen and oxygen atoms in total. The number of aliphatic carboxylic acids is 1. The zero-order chi connectivity index (χ0) is 78.0. The van der Waals surface area contributed by atoms with Gasteiger partial charge in [-0.25, -0.2) is 0 Å². The Bertz CT molecular complexity index is 2740. The first-order valence-electron chi connectivity index (χ1n) is 36.6. The van der Waals surface area contributed by atoms with Crippen LogP contribution in [0.5, 0.6) is 0 Å². The molecule has 34 heteroatoms. The molecule has 106 heavy (non-hydrogen) atoms. The molecule has 10 atom stereocenters. The molecule has 1 aromatic carbocycles. The number of ether oxygens (including phenoxy) is 14. The SMILES string of the molecule is CC(=O)N[C@@H]1C(OCCOCCOCCNC(=O)c2cc(NC(=O)CCCCCCCCCCC(=O)NCCCCCCCCCCCC(=O)O)cc(C(=O)NCCOCCOCCOC3O[C@H](COC(C)=O)[C@H](OC(C)=O)[C@H](OC(C)=O)[C@H]3NC(C)=O)c2)O[C@@H](COC(C)=O)[C@@H](OC(C)=O)[C@H]1OC(C)=O. The lowest BCUT2D eigenvalue weighted by Crippen LogP contribution is -2.66. The number of benzene rings is 1. The van der Waals surface area contributed by atoms with Gasteiger partial charge in [-0.3, -0.25) is 62.3 Å². The van der Waals surface area contributed by atoms with Gasteiger partial charge in [0, 0.05) is 111 Å². The molecular weight excluding hydrogens is 1400 g/mol. The number of rotatable bonds is 56. The number of unbranched alkanes of at least 4 members (excludes halogenated alkanes) is 15. The average Bonchev–Trinajstić information content (AvgIpc) is 0.793. The summed E-state index contributed by atoms with van der Waals surface area (Å²) < 4.78 is 78.5. The highest BCUT2D eigenvalue weighted by molar-refractivity contribution is 6.02. The van der Waals surface area contributed by atoms with Crippen molar-refractivity contribution in [3.8, 4) is 0 Å². The maximum Gasteiger partial charge on any atom is 0.303 e. The summed E-state index contributed by atoms with van der Waals surface area (Å²) in [5.74, 6) is -7.52. The van der Waals surface area contributed by atoms with Gasteiger partial charge >= 0.3 is 41.8 Å². The van der Waals surface area contributed by atoms with Gasteiger partial charge < -0.3 is 103 Å².